The quantitative estimate of drug-likeness (QED) is 0.584. The van der Waals surface area contributed by atoms with Crippen molar-refractivity contribution >= 4 is 23.2 Å². The second-order valence-electron chi connectivity index (χ2n) is 4.35. The molecule has 2 rings (SSSR count). The number of carbonyl (C=O) groups is 1. The first-order valence-corrected chi connectivity index (χ1v) is 6.50. The zero-order valence-electron chi connectivity index (χ0n) is 11.0. The van der Waals surface area contributed by atoms with Crippen LogP contribution >= 0.6 is 12.2 Å². The Balaban J connectivity index is 2.33. The lowest BCUT2D eigenvalue weighted by Crippen LogP contribution is -2.44. The molecule has 0 heterocycles. The van der Waals surface area contributed by atoms with Crippen LogP contribution in [0.1, 0.15) is 15.9 Å². The molecule has 0 aliphatic carbocycles. The molecule has 102 valence electrons. The average Bonchev–Trinajstić information content (AvgIpc) is 2.45. The van der Waals surface area contributed by atoms with E-state index in [2.05, 4.69) is 23.1 Å². The van der Waals surface area contributed by atoms with Gasteiger partial charge < -0.3 is 5.73 Å². The fourth-order valence-corrected chi connectivity index (χ4v) is 1.90. The van der Waals surface area contributed by atoms with Gasteiger partial charge in [0.05, 0.1) is 0 Å². The summed E-state index contributed by atoms with van der Waals surface area (Å²) in [7, 11) is 0. The summed E-state index contributed by atoms with van der Waals surface area (Å²) >= 11 is 4.66. The van der Waals surface area contributed by atoms with Gasteiger partial charge in [0.15, 0.2) is 5.11 Å². The molecule has 2 aromatic carbocycles. The van der Waals surface area contributed by atoms with Crippen LogP contribution in [0.5, 0.6) is 0 Å². The first-order chi connectivity index (χ1) is 9.58. The van der Waals surface area contributed by atoms with Gasteiger partial charge in [0.2, 0.25) is 0 Å². The zero-order chi connectivity index (χ0) is 14.5. The molecule has 0 aliphatic heterocycles. The van der Waals surface area contributed by atoms with Crippen LogP contribution in [0.2, 0.25) is 0 Å². The Kier molecular flexibility index (Phi) is 4.32. The van der Waals surface area contributed by atoms with E-state index in [1.165, 1.54) is 5.56 Å². The Bertz CT molecular complexity index is 638. The Morgan fingerprint density at radius 2 is 1.70 bits per heavy atom. The highest BCUT2D eigenvalue weighted by Gasteiger charge is 2.11. The van der Waals surface area contributed by atoms with Crippen molar-refractivity contribution in [3.63, 3.8) is 0 Å². The maximum Gasteiger partial charge on any atom is 0.270 e. The summed E-state index contributed by atoms with van der Waals surface area (Å²) in [5.74, 6) is -0.283. The molecule has 0 saturated carbocycles. The van der Waals surface area contributed by atoms with Crippen LogP contribution in [0.4, 0.5) is 0 Å². The van der Waals surface area contributed by atoms with Crippen molar-refractivity contribution in [2.45, 2.75) is 6.92 Å². The minimum Gasteiger partial charge on any atom is -0.375 e. The molecule has 0 aliphatic rings. The van der Waals surface area contributed by atoms with E-state index in [4.69, 9.17) is 5.73 Å². The van der Waals surface area contributed by atoms with Gasteiger partial charge in [-0.25, -0.2) is 0 Å². The third kappa shape index (κ3) is 3.33. The Labute approximate surface area is 123 Å². The number of thiocarbonyl (C=S) groups is 1. The van der Waals surface area contributed by atoms with Crippen LogP contribution in [-0.4, -0.2) is 11.0 Å². The Morgan fingerprint density at radius 3 is 2.35 bits per heavy atom. The number of aryl methyl sites for hydroxylation is 1. The van der Waals surface area contributed by atoms with Gasteiger partial charge in [-0.1, -0.05) is 48.0 Å². The largest absolute Gasteiger partial charge is 0.375 e. The standard InChI is InChI=1S/C15H15N3OS/c1-10-6-8-11(9-7-10)12-4-2-3-5-13(12)14(19)17-18-15(16)20/h2-9H,1H3,(H,17,19)(H3,16,18,20). The third-order valence-electron chi connectivity index (χ3n) is 2.83. The summed E-state index contributed by atoms with van der Waals surface area (Å²) in [5, 5.41) is 0.0196. The van der Waals surface area contributed by atoms with Crippen molar-refractivity contribution in [1.82, 2.24) is 10.9 Å². The van der Waals surface area contributed by atoms with Crippen LogP contribution in [0.15, 0.2) is 48.5 Å². The lowest BCUT2D eigenvalue weighted by molar-refractivity contribution is 0.0944. The number of carbonyl (C=O) groups excluding carboxylic acids is 1. The van der Waals surface area contributed by atoms with Gasteiger partial charge in [-0.3, -0.25) is 15.6 Å². The summed E-state index contributed by atoms with van der Waals surface area (Å²) < 4.78 is 0. The van der Waals surface area contributed by atoms with Crippen LogP contribution in [-0.2, 0) is 0 Å². The van der Waals surface area contributed by atoms with Gasteiger partial charge in [0.1, 0.15) is 0 Å². The molecule has 4 N–H and O–H groups in total. The highest BCUT2D eigenvalue weighted by molar-refractivity contribution is 7.80. The summed E-state index contributed by atoms with van der Waals surface area (Å²) in [4.78, 5) is 12.1. The maximum atomic E-state index is 12.1. The van der Waals surface area contributed by atoms with Crippen LogP contribution in [0.25, 0.3) is 11.1 Å². The predicted molar refractivity (Wildman–Crippen MR) is 84.0 cm³/mol. The fraction of sp³-hybridized carbons (Fsp3) is 0.0667. The molecule has 0 bridgehead atoms. The van der Waals surface area contributed by atoms with Crippen molar-refractivity contribution < 1.29 is 4.79 Å². The van der Waals surface area contributed by atoms with Crippen LogP contribution in [0.3, 0.4) is 0 Å². The molecule has 1 amide bonds. The smallest absolute Gasteiger partial charge is 0.270 e. The van der Waals surface area contributed by atoms with Crippen molar-refractivity contribution in [3.05, 3.63) is 59.7 Å². The highest BCUT2D eigenvalue weighted by Crippen LogP contribution is 2.23. The van der Waals surface area contributed by atoms with E-state index in [1.54, 1.807) is 6.07 Å². The predicted octanol–water partition coefficient (Wildman–Crippen LogP) is 2.14. The van der Waals surface area contributed by atoms with E-state index in [0.29, 0.717) is 5.56 Å². The monoisotopic (exact) mass is 285 g/mol. The molecule has 5 heteroatoms. The summed E-state index contributed by atoms with van der Waals surface area (Å²) in [6.45, 7) is 2.02. The van der Waals surface area contributed by atoms with Gasteiger partial charge in [0.25, 0.3) is 5.91 Å². The zero-order valence-corrected chi connectivity index (χ0v) is 11.8. The molecular weight excluding hydrogens is 270 g/mol. The number of hydrogen-bond acceptors (Lipinski definition) is 2. The highest BCUT2D eigenvalue weighted by atomic mass is 32.1. The summed E-state index contributed by atoms with van der Waals surface area (Å²) in [6.07, 6.45) is 0. The van der Waals surface area contributed by atoms with Crippen molar-refractivity contribution in [3.8, 4) is 11.1 Å². The molecule has 2 aromatic rings. The molecule has 4 nitrogen and oxygen atoms in total. The molecule has 0 aromatic heterocycles. The van der Waals surface area contributed by atoms with Crippen molar-refractivity contribution in [2.24, 2.45) is 5.73 Å². The number of nitrogens with one attached hydrogen (secondary N) is 2. The SMILES string of the molecule is Cc1ccc(-c2ccccc2C(=O)NNC(N)=S)cc1. The summed E-state index contributed by atoms with van der Waals surface area (Å²) in [6, 6.07) is 15.4. The van der Waals surface area contributed by atoms with E-state index in [0.717, 1.165) is 11.1 Å². The number of rotatable bonds is 2. The van der Waals surface area contributed by atoms with Gasteiger partial charge in [-0.05, 0) is 36.3 Å². The fourth-order valence-electron chi connectivity index (χ4n) is 1.85. The van der Waals surface area contributed by atoms with E-state index in [-0.39, 0.29) is 11.0 Å². The number of hydrogen-bond donors (Lipinski definition) is 3. The second kappa shape index (κ2) is 6.16. The summed E-state index contributed by atoms with van der Waals surface area (Å²) in [5.41, 5.74) is 13.8. The third-order valence-corrected chi connectivity index (χ3v) is 2.94. The van der Waals surface area contributed by atoms with Crippen LogP contribution < -0.4 is 16.6 Å². The van der Waals surface area contributed by atoms with E-state index in [1.807, 2.05) is 49.4 Å². The molecule has 0 atom stereocenters. The molecule has 0 unspecified atom stereocenters. The van der Waals surface area contributed by atoms with Crippen molar-refractivity contribution in [1.29, 1.82) is 0 Å². The lowest BCUT2D eigenvalue weighted by Gasteiger charge is -2.11. The van der Waals surface area contributed by atoms with Crippen molar-refractivity contribution in [2.75, 3.05) is 0 Å². The molecule has 0 fully saturated rings. The minimum absolute atomic E-state index is 0.0196. The Morgan fingerprint density at radius 1 is 1.05 bits per heavy atom. The molecule has 0 radical (unpaired) electrons. The van der Waals surface area contributed by atoms with Gasteiger partial charge in [-0.15, -0.1) is 0 Å². The van der Waals surface area contributed by atoms with E-state index >= 15 is 0 Å². The molecule has 20 heavy (non-hydrogen) atoms. The first kappa shape index (κ1) is 14.0. The molecule has 0 saturated heterocycles. The number of hydrazine groups is 1. The number of benzene rings is 2. The molecular formula is C15H15N3OS. The first-order valence-electron chi connectivity index (χ1n) is 6.10. The molecule has 0 spiro atoms. The van der Waals surface area contributed by atoms with Gasteiger partial charge in [-0.2, -0.15) is 0 Å². The van der Waals surface area contributed by atoms with Gasteiger partial charge in [0, 0.05) is 5.56 Å². The number of amides is 1. The topological polar surface area (TPSA) is 67.2 Å². The van der Waals surface area contributed by atoms with Gasteiger partial charge >= 0.3 is 0 Å². The normalized spacial score (nSPS) is 9.85. The maximum absolute atomic E-state index is 12.1. The Hall–Kier alpha value is -2.40. The van der Waals surface area contributed by atoms with Crippen LogP contribution in [0, 0.1) is 6.92 Å². The van der Waals surface area contributed by atoms with E-state index < -0.39 is 0 Å². The minimum atomic E-state index is -0.283. The second-order valence-corrected chi connectivity index (χ2v) is 4.79. The number of nitrogens with two attached hydrogens (primary N) is 1. The van der Waals surface area contributed by atoms with E-state index in [9.17, 15) is 4.79 Å². The average molecular weight is 285 g/mol. The lowest BCUT2D eigenvalue weighted by atomic mass is 9.98.